The van der Waals surface area contributed by atoms with Gasteiger partial charge in [0, 0.05) is 17.7 Å². The highest BCUT2D eigenvalue weighted by Crippen LogP contribution is 2.37. The first-order valence-corrected chi connectivity index (χ1v) is 7.24. The number of hydrazone groups is 1. The van der Waals surface area contributed by atoms with Crippen molar-refractivity contribution in [3.05, 3.63) is 48.3 Å². The molecule has 2 aromatic rings. The topological polar surface area (TPSA) is 73.0 Å². The molecule has 1 heterocycles. The Balaban J connectivity index is 2.04. The molecule has 24 heavy (non-hydrogen) atoms. The SMILES string of the molecule is COc1cc(C=NNC(=O)C[n+]2ccccc2)cc(OC)c1OC. The third-order valence-electron chi connectivity index (χ3n) is 3.19. The van der Waals surface area contributed by atoms with Gasteiger partial charge in [0.1, 0.15) is 0 Å². The lowest BCUT2D eigenvalue weighted by molar-refractivity contribution is -0.684. The van der Waals surface area contributed by atoms with E-state index in [1.54, 1.807) is 16.7 Å². The Bertz CT molecular complexity index is 692. The molecule has 0 unspecified atom stereocenters. The van der Waals surface area contributed by atoms with Crippen LogP contribution in [-0.2, 0) is 11.3 Å². The number of nitrogens with zero attached hydrogens (tertiary/aromatic N) is 2. The molecule has 2 rings (SSSR count). The van der Waals surface area contributed by atoms with Crippen LogP contribution in [0.4, 0.5) is 0 Å². The van der Waals surface area contributed by atoms with Crippen LogP contribution in [0.25, 0.3) is 0 Å². The maximum atomic E-state index is 11.8. The van der Waals surface area contributed by atoms with Gasteiger partial charge in [-0.05, 0) is 12.1 Å². The zero-order valence-corrected chi connectivity index (χ0v) is 13.9. The van der Waals surface area contributed by atoms with Gasteiger partial charge in [0.2, 0.25) is 12.3 Å². The van der Waals surface area contributed by atoms with Crippen LogP contribution in [-0.4, -0.2) is 33.5 Å². The second-order valence-corrected chi connectivity index (χ2v) is 4.80. The van der Waals surface area contributed by atoms with Crippen LogP contribution in [0.3, 0.4) is 0 Å². The van der Waals surface area contributed by atoms with E-state index < -0.39 is 0 Å². The molecule has 0 fully saturated rings. The molecule has 0 radical (unpaired) electrons. The van der Waals surface area contributed by atoms with Crippen molar-refractivity contribution in [2.24, 2.45) is 5.10 Å². The summed E-state index contributed by atoms with van der Waals surface area (Å²) in [5, 5.41) is 3.95. The predicted molar refractivity (Wildman–Crippen MR) is 88.5 cm³/mol. The lowest BCUT2D eigenvalue weighted by Crippen LogP contribution is -2.40. The zero-order valence-electron chi connectivity index (χ0n) is 13.9. The summed E-state index contributed by atoms with van der Waals surface area (Å²) in [6.07, 6.45) is 5.13. The van der Waals surface area contributed by atoms with Crippen LogP contribution in [0.15, 0.2) is 47.8 Å². The molecule has 0 saturated carbocycles. The second kappa shape index (κ2) is 8.52. The van der Waals surface area contributed by atoms with Crippen molar-refractivity contribution in [3.8, 4) is 17.2 Å². The van der Waals surface area contributed by atoms with E-state index in [1.165, 1.54) is 27.5 Å². The minimum absolute atomic E-state index is 0.188. The van der Waals surface area contributed by atoms with Crippen molar-refractivity contribution < 1.29 is 23.6 Å². The van der Waals surface area contributed by atoms with Crippen molar-refractivity contribution in [2.75, 3.05) is 21.3 Å². The summed E-state index contributed by atoms with van der Waals surface area (Å²) < 4.78 is 17.5. The molecule has 0 atom stereocenters. The number of methoxy groups -OCH3 is 3. The summed E-state index contributed by atoms with van der Waals surface area (Å²) in [4.78, 5) is 11.8. The van der Waals surface area contributed by atoms with Crippen LogP contribution in [0, 0.1) is 0 Å². The molecule has 0 aliphatic rings. The molecular formula is C17H20N3O4+. The van der Waals surface area contributed by atoms with Crippen LogP contribution in [0.5, 0.6) is 17.2 Å². The number of rotatable bonds is 7. The molecule has 0 aliphatic heterocycles. The Morgan fingerprint density at radius 1 is 1.08 bits per heavy atom. The van der Waals surface area contributed by atoms with Crippen molar-refractivity contribution in [3.63, 3.8) is 0 Å². The van der Waals surface area contributed by atoms with Crippen molar-refractivity contribution in [1.82, 2.24) is 5.43 Å². The predicted octanol–water partition coefficient (Wildman–Crippen LogP) is 1.15. The van der Waals surface area contributed by atoms with Gasteiger partial charge >= 0.3 is 5.91 Å². The molecule has 0 aliphatic carbocycles. The van der Waals surface area contributed by atoms with Gasteiger partial charge in [-0.15, -0.1) is 0 Å². The summed E-state index contributed by atoms with van der Waals surface area (Å²) >= 11 is 0. The van der Waals surface area contributed by atoms with Crippen LogP contribution in [0.1, 0.15) is 5.56 Å². The summed E-state index contributed by atoms with van der Waals surface area (Å²) in [5.74, 6) is 1.31. The van der Waals surface area contributed by atoms with E-state index in [2.05, 4.69) is 10.5 Å². The fourth-order valence-corrected chi connectivity index (χ4v) is 2.10. The molecule has 1 aromatic carbocycles. The van der Waals surface area contributed by atoms with E-state index in [4.69, 9.17) is 14.2 Å². The average Bonchev–Trinajstić information content (AvgIpc) is 2.61. The van der Waals surface area contributed by atoms with Crippen LogP contribution in [0.2, 0.25) is 0 Å². The van der Waals surface area contributed by atoms with Gasteiger partial charge in [-0.1, -0.05) is 6.07 Å². The molecule has 7 heteroatoms. The first-order valence-electron chi connectivity index (χ1n) is 7.24. The quantitative estimate of drug-likeness (QED) is 0.470. The second-order valence-electron chi connectivity index (χ2n) is 4.80. The van der Waals surface area contributed by atoms with Gasteiger partial charge in [-0.2, -0.15) is 9.67 Å². The van der Waals surface area contributed by atoms with Gasteiger partial charge < -0.3 is 14.2 Å². The number of pyridine rings is 1. The highest BCUT2D eigenvalue weighted by atomic mass is 16.5. The van der Waals surface area contributed by atoms with Crippen molar-refractivity contribution in [1.29, 1.82) is 0 Å². The Morgan fingerprint density at radius 2 is 1.71 bits per heavy atom. The third kappa shape index (κ3) is 4.45. The van der Waals surface area contributed by atoms with E-state index in [1.807, 2.05) is 30.6 Å². The van der Waals surface area contributed by atoms with Gasteiger partial charge in [0.15, 0.2) is 23.9 Å². The Labute approximate surface area is 140 Å². The molecule has 1 N–H and O–H groups in total. The fraction of sp³-hybridized carbons (Fsp3) is 0.235. The lowest BCUT2D eigenvalue weighted by Gasteiger charge is -2.12. The number of hydrogen-bond acceptors (Lipinski definition) is 5. The molecule has 0 bridgehead atoms. The Hall–Kier alpha value is -3.09. The van der Waals surface area contributed by atoms with E-state index >= 15 is 0 Å². The first-order chi connectivity index (χ1) is 11.7. The smallest absolute Gasteiger partial charge is 0.305 e. The van der Waals surface area contributed by atoms with E-state index in [0.29, 0.717) is 22.8 Å². The summed E-state index contributed by atoms with van der Waals surface area (Å²) in [7, 11) is 4.61. The number of benzene rings is 1. The van der Waals surface area contributed by atoms with Crippen molar-refractivity contribution in [2.45, 2.75) is 6.54 Å². The average molecular weight is 330 g/mol. The highest BCUT2D eigenvalue weighted by Gasteiger charge is 2.12. The number of amides is 1. The number of ether oxygens (including phenoxy) is 3. The summed E-state index contributed by atoms with van der Waals surface area (Å²) in [6.45, 7) is 0.188. The monoisotopic (exact) mass is 330 g/mol. The summed E-state index contributed by atoms with van der Waals surface area (Å²) in [6, 6.07) is 9.07. The number of carbonyl (C=O) groups is 1. The number of nitrogens with one attached hydrogen (secondary N) is 1. The minimum atomic E-state index is -0.227. The highest BCUT2D eigenvalue weighted by molar-refractivity contribution is 5.84. The molecule has 1 aromatic heterocycles. The fourth-order valence-electron chi connectivity index (χ4n) is 2.10. The molecule has 0 spiro atoms. The maximum absolute atomic E-state index is 11.8. The van der Waals surface area contributed by atoms with Crippen LogP contribution >= 0.6 is 0 Å². The van der Waals surface area contributed by atoms with E-state index in [0.717, 1.165) is 0 Å². The molecule has 126 valence electrons. The number of hydrogen-bond donors (Lipinski definition) is 1. The number of carbonyl (C=O) groups excluding carboxylic acids is 1. The largest absolute Gasteiger partial charge is 0.493 e. The van der Waals surface area contributed by atoms with Crippen molar-refractivity contribution >= 4 is 12.1 Å². The summed E-state index contributed by atoms with van der Waals surface area (Å²) in [5.41, 5.74) is 3.19. The van der Waals surface area contributed by atoms with Gasteiger partial charge in [0.05, 0.1) is 27.5 Å². The minimum Gasteiger partial charge on any atom is -0.493 e. The van der Waals surface area contributed by atoms with Gasteiger partial charge in [0.25, 0.3) is 0 Å². The van der Waals surface area contributed by atoms with Gasteiger partial charge in [-0.25, -0.2) is 5.43 Å². The lowest BCUT2D eigenvalue weighted by atomic mass is 10.2. The normalized spacial score (nSPS) is 10.5. The molecule has 0 saturated heterocycles. The Morgan fingerprint density at radius 3 is 2.25 bits per heavy atom. The first kappa shape index (κ1) is 17.3. The molecule has 7 nitrogen and oxygen atoms in total. The maximum Gasteiger partial charge on any atom is 0.305 e. The zero-order chi connectivity index (χ0) is 17.4. The standard InChI is InChI=1S/C17H19N3O4/c1-22-14-9-13(10-15(23-2)17(14)24-3)11-18-19-16(21)12-20-7-5-4-6-8-20/h4-11H,12H2,1-3H3/p+1. The Kier molecular flexibility index (Phi) is 6.13. The van der Waals surface area contributed by atoms with E-state index in [9.17, 15) is 4.79 Å². The third-order valence-corrected chi connectivity index (χ3v) is 3.19. The number of aromatic nitrogens is 1. The van der Waals surface area contributed by atoms with E-state index in [-0.39, 0.29) is 12.5 Å². The van der Waals surface area contributed by atoms with Gasteiger partial charge in [-0.3, -0.25) is 4.79 Å². The van der Waals surface area contributed by atoms with Crippen LogP contribution < -0.4 is 24.2 Å². The molecular weight excluding hydrogens is 310 g/mol. The molecule has 1 amide bonds.